The Morgan fingerprint density at radius 3 is 1.32 bits per heavy atom. The van der Waals surface area contributed by atoms with Crippen molar-refractivity contribution in [1.29, 1.82) is 0 Å². The average molecular weight is 871 g/mol. The monoisotopic (exact) mass is 871 g/mol. The molecule has 2 aromatic heterocycles. The van der Waals surface area contributed by atoms with Gasteiger partial charge in [-0.1, -0.05) is 139 Å². The maximum Gasteiger partial charge on any atom is 0.334 e. The lowest BCUT2D eigenvalue weighted by Gasteiger charge is -2.41. The number of imide groups is 2. The fourth-order valence-corrected chi connectivity index (χ4v) is 10.8. The van der Waals surface area contributed by atoms with Crippen LogP contribution < -0.4 is 10.7 Å². The van der Waals surface area contributed by atoms with Gasteiger partial charge >= 0.3 is 6.03 Å². The summed E-state index contributed by atoms with van der Waals surface area (Å²) in [5.41, 5.74) is 5.16. The second-order valence-corrected chi connectivity index (χ2v) is 19.0. The number of amides is 4. The molecule has 1 aliphatic carbocycles. The van der Waals surface area contributed by atoms with E-state index < -0.39 is 17.8 Å². The van der Waals surface area contributed by atoms with E-state index in [1.165, 1.54) is 53.2 Å². The fraction of sp³-hybridized carbons (Fsp3) is 0.431. The summed E-state index contributed by atoms with van der Waals surface area (Å²) in [4.78, 5) is 48.3. The van der Waals surface area contributed by atoms with E-state index in [1.807, 2.05) is 13.8 Å². The third-order valence-electron chi connectivity index (χ3n) is 14.7. The van der Waals surface area contributed by atoms with Gasteiger partial charge in [-0.05, 0) is 124 Å². The molecule has 8 rings (SSSR count). The summed E-state index contributed by atoms with van der Waals surface area (Å²) in [6.45, 7) is 17.3. The number of unbranched alkanes of at least 4 members (excludes halogenated alkanes) is 4. The van der Waals surface area contributed by atoms with E-state index in [4.69, 9.17) is 0 Å². The molecule has 0 radical (unpaired) electrons. The molecule has 4 aromatic carbocycles. The Morgan fingerprint density at radius 2 is 0.923 bits per heavy atom. The topological polar surface area (TPSA) is 67.6 Å². The Morgan fingerprint density at radius 1 is 0.508 bits per heavy atom. The standard InChI is InChI=1S/C58H70N4O3/c1-9-13-15-22-40(7)61-56(63)55(57(64)62(58(61)65)41(8)23-16-14-10-2)52-44(34-36-48-46-30-18-26-42-28-20-32-50(53(42)46)59(48)38(5)11-3)24-17-25-45(52)35-37-49-47-31-19-27-43-29-21-33-51(54(43)47)60(49)39(6)12-4/h18-21,26-41H,9-17,22-25H2,1-8H3/b44-34+,45-35+,48-36+,49-37+,55-52?. The molecule has 0 bridgehead atoms. The highest BCUT2D eigenvalue weighted by atomic mass is 16.2. The number of benzene rings is 4. The zero-order valence-electron chi connectivity index (χ0n) is 40.3. The summed E-state index contributed by atoms with van der Waals surface area (Å²) >= 11 is 0. The Balaban J connectivity index is 1.41. The van der Waals surface area contributed by atoms with E-state index in [-0.39, 0.29) is 29.7 Å². The van der Waals surface area contributed by atoms with E-state index in [9.17, 15) is 4.79 Å². The van der Waals surface area contributed by atoms with Crippen molar-refractivity contribution in [2.45, 2.75) is 163 Å². The molecule has 2 fully saturated rings. The van der Waals surface area contributed by atoms with Crippen molar-refractivity contribution in [2.24, 2.45) is 0 Å². The van der Waals surface area contributed by atoms with Crippen LogP contribution in [-0.4, -0.2) is 48.9 Å². The zero-order valence-corrected chi connectivity index (χ0v) is 40.3. The number of carbonyl (C=O) groups is 3. The largest absolute Gasteiger partial charge is 0.338 e. The molecule has 7 heteroatoms. The van der Waals surface area contributed by atoms with Crippen molar-refractivity contribution in [3.05, 3.63) is 118 Å². The van der Waals surface area contributed by atoms with Crippen LogP contribution in [0.5, 0.6) is 0 Å². The summed E-state index contributed by atoms with van der Waals surface area (Å²) in [6, 6.07) is 25.5. The first kappa shape index (κ1) is 45.9. The second-order valence-electron chi connectivity index (χ2n) is 19.0. The van der Waals surface area contributed by atoms with E-state index in [0.717, 1.165) is 79.6 Å². The van der Waals surface area contributed by atoms with Gasteiger partial charge in [0.2, 0.25) is 0 Å². The van der Waals surface area contributed by atoms with Crippen LogP contribution in [0.2, 0.25) is 0 Å². The summed E-state index contributed by atoms with van der Waals surface area (Å²) in [7, 11) is 0. The number of hydrogen-bond donors (Lipinski definition) is 0. The van der Waals surface area contributed by atoms with Gasteiger partial charge in [0.05, 0.1) is 0 Å². The van der Waals surface area contributed by atoms with E-state index in [0.29, 0.717) is 31.3 Å². The van der Waals surface area contributed by atoms with Gasteiger partial charge in [0.15, 0.2) is 0 Å². The number of hydrogen-bond acceptors (Lipinski definition) is 3. The molecule has 2 aliphatic rings. The SMILES string of the molecule is CCCCCC(C)N1C(=O)C(=C2/C(=C/C=c3\c4cccc5cccc(c54)n3C(C)CC)CCC/C2=C\C=c2/c3cccc4cccc(c43)n2C(C)CC)C(=O)N(C(C)CCCCC)C1=O. The van der Waals surface area contributed by atoms with Gasteiger partial charge in [-0.15, -0.1) is 0 Å². The number of barbiturate groups is 1. The van der Waals surface area contributed by atoms with E-state index >= 15 is 9.59 Å². The number of rotatable bonds is 16. The minimum absolute atomic E-state index is 0.134. The molecule has 340 valence electrons. The van der Waals surface area contributed by atoms with Crippen molar-refractivity contribution < 1.29 is 14.4 Å². The lowest BCUT2D eigenvalue weighted by Crippen LogP contribution is -2.61. The molecule has 1 saturated carbocycles. The van der Waals surface area contributed by atoms with Crippen LogP contribution in [0.3, 0.4) is 0 Å². The molecule has 6 aromatic rings. The highest BCUT2D eigenvalue weighted by molar-refractivity contribution is 6.30. The normalized spacial score (nSPS) is 19.2. The molecule has 1 saturated heterocycles. The molecule has 1 aliphatic heterocycles. The Bertz CT molecular complexity index is 2750. The van der Waals surface area contributed by atoms with E-state index in [2.05, 4.69) is 148 Å². The highest BCUT2D eigenvalue weighted by Gasteiger charge is 2.47. The molecule has 4 atom stereocenters. The number of allylic oxidation sites excluding steroid dienone is 5. The van der Waals surface area contributed by atoms with Crippen LogP contribution in [0, 0.1) is 0 Å². The van der Waals surface area contributed by atoms with Gasteiger partial charge in [0.25, 0.3) is 11.8 Å². The third-order valence-corrected chi connectivity index (χ3v) is 14.7. The van der Waals surface area contributed by atoms with Crippen LogP contribution >= 0.6 is 0 Å². The van der Waals surface area contributed by atoms with Crippen molar-refractivity contribution in [1.82, 2.24) is 18.9 Å². The van der Waals surface area contributed by atoms with Gasteiger partial charge in [0.1, 0.15) is 5.57 Å². The maximum absolute atomic E-state index is 15.4. The lowest BCUT2D eigenvalue weighted by atomic mass is 9.80. The van der Waals surface area contributed by atoms with Gasteiger partial charge in [-0.2, -0.15) is 0 Å². The summed E-state index contributed by atoms with van der Waals surface area (Å²) in [5, 5.41) is 9.55. The molecule has 4 unspecified atom stereocenters. The molecular weight excluding hydrogens is 801 g/mol. The third kappa shape index (κ3) is 8.41. The van der Waals surface area contributed by atoms with Gasteiger partial charge in [-0.25, -0.2) is 4.79 Å². The zero-order chi connectivity index (χ0) is 45.9. The molecule has 65 heavy (non-hydrogen) atoms. The lowest BCUT2D eigenvalue weighted by molar-refractivity contribution is -0.138. The van der Waals surface area contributed by atoms with Crippen LogP contribution in [-0.2, 0) is 9.59 Å². The number of carbonyl (C=O) groups excluding carboxylic acids is 3. The van der Waals surface area contributed by atoms with Crippen molar-refractivity contribution in [3.63, 3.8) is 0 Å². The smallest absolute Gasteiger partial charge is 0.334 e. The predicted molar refractivity (Wildman–Crippen MR) is 272 cm³/mol. The summed E-state index contributed by atoms with van der Waals surface area (Å²) in [6.07, 6.45) is 20.4. The van der Waals surface area contributed by atoms with Gasteiger partial charge in [-0.3, -0.25) is 19.4 Å². The van der Waals surface area contributed by atoms with E-state index in [1.54, 1.807) is 0 Å². The van der Waals surface area contributed by atoms with Gasteiger partial charge in [0, 0.05) is 67.4 Å². The number of urea groups is 1. The predicted octanol–water partition coefficient (Wildman–Crippen LogP) is 13.6. The minimum Gasteiger partial charge on any atom is -0.338 e. The summed E-state index contributed by atoms with van der Waals surface area (Å²) in [5.74, 6) is -0.929. The minimum atomic E-state index is -0.476. The second kappa shape index (κ2) is 19.8. The maximum atomic E-state index is 15.4. The van der Waals surface area contributed by atoms with Crippen LogP contribution in [0.25, 0.3) is 55.5 Å². The number of aromatic nitrogens is 2. The average Bonchev–Trinajstić information content (AvgIpc) is 3.81. The molecular formula is C58H70N4O3. The van der Waals surface area contributed by atoms with Crippen LogP contribution in [0.1, 0.15) is 151 Å². The molecule has 4 amide bonds. The molecule has 0 N–H and O–H groups in total. The molecule has 3 heterocycles. The fourth-order valence-electron chi connectivity index (χ4n) is 10.8. The van der Waals surface area contributed by atoms with Crippen LogP contribution in [0.15, 0.2) is 107 Å². The van der Waals surface area contributed by atoms with Gasteiger partial charge < -0.3 is 9.13 Å². The first-order chi connectivity index (χ1) is 31.6. The van der Waals surface area contributed by atoms with Crippen molar-refractivity contribution in [2.75, 3.05) is 0 Å². The quantitative estimate of drug-likeness (QED) is 0.0553. The number of nitrogens with zero attached hydrogens (tertiary/aromatic N) is 4. The first-order valence-electron chi connectivity index (χ1n) is 25.0. The Hall–Kier alpha value is -5.69. The van der Waals surface area contributed by atoms with Crippen LogP contribution in [0.4, 0.5) is 4.79 Å². The first-order valence-corrected chi connectivity index (χ1v) is 25.0. The highest BCUT2D eigenvalue weighted by Crippen LogP contribution is 2.40. The van der Waals surface area contributed by atoms with Crippen molar-refractivity contribution >= 4 is 73.3 Å². The van der Waals surface area contributed by atoms with Crippen molar-refractivity contribution in [3.8, 4) is 0 Å². The summed E-state index contributed by atoms with van der Waals surface area (Å²) < 4.78 is 4.92. The Kier molecular flexibility index (Phi) is 14.0. The molecule has 7 nitrogen and oxygen atoms in total. The molecule has 0 spiro atoms. The Labute approximate surface area is 386 Å².